The number of hydrogen-bond donors (Lipinski definition) is 2. The molecule has 2 heterocycles. The summed E-state index contributed by atoms with van der Waals surface area (Å²) < 4.78 is 18.9. The quantitative estimate of drug-likeness (QED) is 0.734. The molecule has 0 amide bonds. The third-order valence-corrected chi connectivity index (χ3v) is 5.54. The number of H-pyrrole nitrogens is 1. The van der Waals surface area contributed by atoms with Crippen LogP contribution in [0, 0.1) is 19.7 Å². The second kappa shape index (κ2) is 6.82. The minimum atomic E-state index is -0.205. The van der Waals surface area contributed by atoms with E-state index in [1.54, 1.807) is 0 Å². The molecule has 0 bridgehead atoms. The topological polar surface area (TPSA) is 49.9 Å². The van der Waals surface area contributed by atoms with Gasteiger partial charge in [-0.1, -0.05) is 18.2 Å². The molecule has 136 valence electrons. The van der Waals surface area contributed by atoms with E-state index in [0.29, 0.717) is 13.2 Å². The lowest BCUT2D eigenvalue weighted by molar-refractivity contribution is 0.176. The monoisotopic (exact) mass is 353 g/mol. The van der Waals surface area contributed by atoms with Crippen molar-refractivity contribution in [2.24, 2.45) is 0 Å². The molecule has 1 saturated heterocycles. The van der Waals surface area contributed by atoms with Crippen molar-refractivity contribution in [2.75, 3.05) is 19.8 Å². The summed E-state index contributed by atoms with van der Waals surface area (Å²) in [5.41, 5.74) is 5.60. The van der Waals surface area contributed by atoms with Gasteiger partial charge in [-0.15, -0.1) is 0 Å². The molecular weight excluding hydrogens is 329 g/mol. The maximum atomic E-state index is 13.3. The van der Waals surface area contributed by atoms with Gasteiger partial charge < -0.3 is 15.0 Å². The molecule has 0 radical (unpaired) electrons. The first kappa shape index (κ1) is 17.2. The Morgan fingerprint density at radius 1 is 1.19 bits per heavy atom. The number of fused-ring (bicyclic) bond motifs is 1. The average molecular weight is 353 g/mol. The van der Waals surface area contributed by atoms with Crippen LogP contribution in [0.25, 0.3) is 11.0 Å². The summed E-state index contributed by atoms with van der Waals surface area (Å²) in [5, 5.41) is 3.53. The first-order valence-corrected chi connectivity index (χ1v) is 9.07. The maximum absolute atomic E-state index is 13.3. The Kier molecular flexibility index (Phi) is 4.51. The van der Waals surface area contributed by atoms with E-state index >= 15 is 0 Å². The lowest BCUT2D eigenvalue weighted by Crippen LogP contribution is -2.38. The summed E-state index contributed by atoms with van der Waals surface area (Å²) >= 11 is 0. The Labute approximate surface area is 152 Å². The van der Waals surface area contributed by atoms with Crippen LogP contribution in [0.4, 0.5) is 4.39 Å². The Balaban J connectivity index is 1.49. The summed E-state index contributed by atoms with van der Waals surface area (Å²) in [6.07, 6.45) is 0.935. The van der Waals surface area contributed by atoms with Crippen molar-refractivity contribution in [3.63, 3.8) is 0 Å². The van der Waals surface area contributed by atoms with E-state index in [0.717, 1.165) is 42.0 Å². The average Bonchev–Trinajstić information content (AvgIpc) is 3.27. The van der Waals surface area contributed by atoms with Crippen molar-refractivity contribution in [1.82, 2.24) is 15.3 Å². The van der Waals surface area contributed by atoms with Crippen molar-refractivity contribution < 1.29 is 9.13 Å². The molecule has 2 aromatic carbocycles. The molecule has 5 heteroatoms. The SMILES string of the molecule is Cc1ccc2[nH]c(CNCC3(c4ccc(F)cc4)CCOC3)nc2c1C. The molecule has 26 heavy (non-hydrogen) atoms. The second-order valence-electron chi connectivity index (χ2n) is 7.28. The smallest absolute Gasteiger partial charge is 0.123 e. The summed E-state index contributed by atoms with van der Waals surface area (Å²) in [6.45, 7) is 7.04. The van der Waals surface area contributed by atoms with Gasteiger partial charge in [0.15, 0.2) is 0 Å². The molecule has 2 N–H and O–H groups in total. The molecule has 1 unspecified atom stereocenters. The van der Waals surface area contributed by atoms with Crippen LogP contribution < -0.4 is 5.32 Å². The zero-order valence-electron chi connectivity index (χ0n) is 15.2. The third kappa shape index (κ3) is 3.13. The summed E-state index contributed by atoms with van der Waals surface area (Å²) in [7, 11) is 0. The normalized spacial score (nSPS) is 20.1. The molecule has 0 spiro atoms. The molecule has 1 aliphatic rings. The largest absolute Gasteiger partial charge is 0.380 e. The molecule has 1 aromatic heterocycles. The van der Waals surface area contributed by atoms with Crippen molar-refractivity contribution in [1.29, 1.82) is 0 Å². The van der Waals surface area contributed by atoms with Crippen molar-refractivity contribution >= 4 is 11.0 Å². The lowest BCUT2D eigenvalue weighted by Gasteiger charge is -2.28. The van der Waals surface area contributed by atoms with Crippen LogP contribution in [-0.4, -0.2) is 29.7 Å². The van der Waals surface area contributed by atoms with E-state index in [2.05, 4.69) is 36.3 Å². The Morgan fingerprint density at radius 2 is 2.00 bits per heavy atom. The maximum Gasteiger partial charge on any atom is 0.123 e. The second-order valence-corrected chi connectivity index (χ2v) is 7.28. The van der Waals surface area contributed by atoms with Crippen LogP contribution in [0.3, 0.4) is 0 Å². The molecule has 0 aliphatic carbocycles. The fourth-order valence-electron chi connectivity index (χ4n) is 3.75. The first-order valence-electron chi connectivity index (χ1n) is 9.07. The van der Waals surface area contributed by atoms with E-state index in [1.807, 2.05) is 12.1 Å². The van der Waals surface area contributed by atoms with E-state index in [1.165, 1.54) is 23.3 Å². The molecule has 1 fully saturated rings. The van der Waals surface area contributed by atoms with Crippen molar-refractivity contribution in [2.45, 2.75) is 32.2 Å². The number of halogens is 1. The highest BCUT2D eigenvalue weighted by atomic mass is 19.1. The van der Waals surface area contributed by atoms with E-state index in [4.69, 9.17) is 9.72 Å². The number of aromatic amines is 1. The molecule has 4 rings (SSSR count). The Morgan fingerprint density at radius 3 is 2.73 bits per heavy atom. The van der Waals surface area contributed by atoms with Gasteiger partial charge in [0.05, 0.1) is 24.2 Å². The van der Waals surface area contributed by atoms with Crippen LogP contribution in [0.2, 0.25) is 0 Å². The number of aryl methyl sites for hydroxylation is 2. The Bertz CT molecular complexity index is 911. The van der Waals surface area contributed by atoms with Crippen molar-refractivity contribution in [3.05, 3.63) is 64.7 Å². The highest BCUT2D eigenvalue weighted by Crippen LogP contribution is 2.33. The van der Waals surface area contributed by atoms with Gasteiger partial charge in [-0.25, -0.2) is 9.37 Å². The van der Waals surface area contributed by atoms with Gasteiger partial charge in [0, 0.05) is 18.6 Å². The number of aromatic nitrogens is 2. The van der Waals surface area contributed by atoms with Gasteiger partial charge in [-0.2, -0.15) is 0 Å². The predicted molar refractivity (Wildman–Crippen MR) is 101 cm³/mol. The van der Waals surface area contributed by atoms with Crippen molar-refractivity contribution in [3.8, 4) is 0 Å². The van der Waals surface area contributed by atoms with Gasteiger partial charge in [-0.05, 0) is 55.2 Å². The number of ether oxygens (including phenoxy) is 1. The van der Waals surface area contributed by atoms with E-state index in [9.17, 15) is 4.39 Å². The molecule has 1 aliphatic heterocycles. The molecule has 0 saturated carbocycles. The van der Waals surface area contributed by atoms with Crippen LogP contribution in [0.1, 0.15) is 28.9 Å². The van der Waals surface area contributed by atoms with E-state index < -0.39 is 0 Å². The number of nitrogens with one attached hydrogen (secondary N) is 2. The first-order chi connectivity index (χ1) is 12.6. The van der Waals surface area contributed by atoms with Gasteiger partial charge in [0.2, 0.25) is 0 Å². The zero-order chi connectivity index (χ0) is 18.1. The fourth-order valence-corrected chi connectivity index (χ4v) is 3.75. The van der Waals surface area contributed by atoms with Gasteiger partial charge >= 0.3 is 0 Å². The number of hydrogen-bond acceptors (Lipinski definition) is 3. The highest BCUT2D eigenvalue weighted by Gasteiger charge is 2.36. The molecule has 3 aromatic rings. The zero-order valence-corrected chi connectivity index (χ0v) is 15.2. The van der Waals surface area contributed by atoms with E-state index in [-0.39, 0.29) is 11.2 Å². The predicted octanol–water partition coefficient (Wildman–Crippen LogP) is 3.77. The summed E-state index contributed by atoms with van der Waals surface area (Å²) in [6, 6.07) is 11.0. The molecule has 4 nitrogen and oxygen atoms in total. The highest BCUT2D eigenvalue weighted by molar-refractivity contribution is 5.79. The summed E-state index contributed by atoms with van der Waals surface area (Å²) in [4.78, 5) is 8.14. The molecular formula is C21H24FN3O. The lowest BCUT2D eigenvalue weighted by atomic mass is 9.79. The number of rotatable bonds is 5. The van der Waals surface area contributed by atoms with Crippen LogP contribution in [-0.2, 0) is 16.7 Å². The minimum Gasteiger partial charge on any atom is -0.380 e. The van der Waals surface area contributed by atoms with Crippen LogP contribution in [0.15, 0.2) is 36.4 Å². The van der Waals surface area contributed by atoms with Crippen LogP contribution >= 0.6 is 0 Å². The molecule has 1 atom stereocenters. The number of benzene rings is 2. The van der Waals surface area contributed by atoms with Gasteiger partial charge in [-0.3, -0.25) is 0 Å². The third-order valence-electron chi connectivity index (χ3n) is 5.54. The minimum absolute atomic E-state index is 0.105. The van der Waals surface area contributed by atoms with Gasteiger partial charge in [0.1, 0.15) is 11.6 Å². The standard InChI is InChI=1S/C21H24FN3O/c1-14-3-8-18-20(15(14)2)25-19(24-18)11-23-12-21(9-10-26-13-21)16-4-6-17(22)7-5-16/h3-8,23H,9-13H2,1-2H3,(H,24,25). The van der Waals surface area contributed by atoms with Gasteiger partial charge in [0.25, 0.3) is 0 Å². The fraction of sp³-hybridized carbons (Fsp3) is 0.381. The Hall–Kier alpha value is -2.24. The summed E-state index contributed by atoms with van der Waals surface area (Å²) in [5.74, 6) is 0.727. The number of nitrogens with zero attached hydrogens (tertiary/aromatic N) is 1. The number of imidazole rings is 1. The van der Waals surface area contributed by atoms with Crippen LogP contribution in [0.5, 0.6) is 0 Å².